The van der Waals surface area contributed by atoms with Crippen LogP contribution in [0.3, 0.4) is 0 Å². The number of piperidine rings is 1. The summed E-state index contributed by atoms with van der Waals surface area (Å²) in [5.74, 6) is 0. The molecule has 2 atom stereocenters. The van der Waals surface area contributed by atoms with E-state index >= 15 is 0 Å². The summed E-state index contributed by atoms with van der Waals surface area (Å²) >= 11 is 1.81. The first-order valence-corrected chi connectivity index (χ1v) is 15.4. The lowest BCUT2D eigenvalue weighted by atomic mass is 10.0. The van der Waals surface area contributed by atoms with Gasteiger partial charge in [-0.15, -0.1) is 0 Å². The van der Waals surface area contributed by atoms with Crippen molar-refractivity contribution >= 4 is 44.1 Å². The number of para-hydroxylation sites is 1. The van der Waals surface area contributed by atoms with Gasteiger partial charge in [0.2, 0.25) is 0 Å². The van der Waals surface area contributed by atoms with Gasteiger partial charge in [0.05, 0.1) is 16.3 Å². The summed E-state index contributed by atoms with van der Waals surface area (Å²) in [7, 11) is -4.96. The molecule has 1 fully saturated rings. The lowest BCUT2D eigenvalue weighted by molar-refractivity contribution is 0.385. The van der Waals surface area contributed by atoms with Crippen molar-refractivity contribution in [2.24, 2.45) is 0 Å². The number of hydrogen-bond donors (Lipinski definition) is 2. The molecule has 0 bridgehead atoms. The maximum atomic E-state index is 12.0. The van der Waals surface area contributed by atoms with Crippen LogP contribution in [-0.2, 0) is 20.9 Å². The minimum atomic E-state index is -4.00. The molecule has 2 aliphatic heterocycles. The zero-order valence-electron chi connectivity index (χ0n) is 19.6. The molecule has 9 heteroatoms. The summed E-state index contributed by atoms with van der Waals surface area (Å²) in [5.41, 5.74) is 2.47. The number of anilines is 2. The summed E-state index contributed by atoms with van der Waals surface area (Å²) < 4.78 is 41.2. The van der Waals surface area contributed by atoms with E-state index in [1.54, 1.807) is 24.5 Å². The standard InChI is InChI=1S/C20H24N2OS2.C6H6O3S/c1-25(23)16-9-10-20-18(14-16)22(13-11-15-6-4-5-12-21-15)17-7-2-3-8-19(17)24-20;7-10(8,9)6-4-2-1-3-5-6/h2-3,7-10,14-15,21H,4-6,11-13H2,1H3;1-5H,(H,7,8,9). The van der Waals surface area contributed by atoms with E-state index in [2.05, 4.69) is 46.6 Å². The van der Waals surface area contributed by atoms with E-state index in [-0.39, 0.29) is 4.90 Å². The normalized spacial score (nSPS) is 18.0. The first-order chi connectivity index (χ1) is 16.8. The molecule has 3 aromatic carbocycles. The molecule has 3 aromatic rings. The molecule has 0 spiro atoms. The second-order valence-corrected chi connectivity index (χ2v) is 12.4. The number of nitrogens with zero attached hydrogens (tertiary/aromatic N) is 1. The number of hydrogen-bond acceptors (Lipinski definition) is 6. The topological polar surface area (TPSA) is 86.7 Å². The zero-order valence-corrected chi connectivity index (χ0v) is 22.0. The van der Waals surface area contributed by atoms with E-state index in [9.17, 15) is 12.6 Å². The molecule has 0 amide bonds. The molecule has 0 aliphatic carbocycles. The van der Waals surface area contributed by atoms with Gasteiger partial charge in [-0.25, -0.2) is 0 Å². The third-order valence-electron chi connectivity index (χ3n) is 6.08. The van der Waals surface area contributed by atoms with Crippen molar-refractivity contribution in [3.8, 4) is 0 Å². The molecule has 1 saturated heterocycles. The van der Waals surface area contributed by atoms with E-state index in [1.165, 1.54) is 52.6 Å². The Hall–Kier alpha value is -2.17. The Kier molecular flexibility index (Phi) is 8.67. The van der Waals surface area contributed by atoms with Crippen LogP contribution in [0.4, 0.5) is 11.4 Å². The molecule has 35 heavy (non-hydrogen) atoms. The van der Waals surface area contributed by atoms with Crippen molar-refractivity contribution in [3.05, 3.63) is 72.8 Å². The smallest absolute Gasteiger partial charge is 0.294 e. The third kappa shape index (κ3) is 6.74. The Morgan fingerprint density at radius 2 is 1.71 bits per heavy atom. The highest BCUT2D eigenvalue weighted by atomic mass is 32.2. The van der Waals surface area contributed by atoms with E-state index in [0.717, 1.165) is 24.4 Å². The van der Waals surface area contributed by atoms with Gasteiger partial charge in [0.1, 0.15) is 0 Å². The third-order valence-corrected chi connectivity index (χ3v) is 9.00. The van der Waals surface area contributed by atoms with E-state index in [4.69, 9.17) is 4.55 Å². The van der Waals surface area contributed by atoms with Crippen molar-refractivity contribution in [1.82, 2.24) is 5.32 Å². The molecule has 2 unspecified atom stereocenters. The van der Waals surface area contributed by atoms with Crippen LogP contribution in [0.2, 0.25) is 0 Å². The average molecular weight is 531 g/mol. The quantitative estimate of drug-likeness (QED) is 0.422. The largest absolute Gasteiger partial charge is 0.340 e. The van der Waals surface area contributed by atoms with Gasteiger partial charge >= 0.3 is 0 Å². The summed E-state index contributed by atoms with van der Waals surface area (Å²) in [6.07, 6.45) is 6.80. The molecule has 0 aromatic heterocycles. The highest BCUT2D eigenvalue weighted by molar-refractivity contribution is 7.99. The van der Waals surface area contributed by atoms with Crippen molar-refractivity contribution < 1.29 is 17.2 Å². The first kappa shape index (κ1) is 25.9. The molecule has 2 aliphatic rings. The fraction of sp³-hybridized carbons (Fsp3) is 0.308. The van der Waals surface area contributed by atoms with Gasteiger partial charge in [-0.2, -0.15) is 8.42 Å². The van der Waals surface area contributed by atoms with Crippen LogP contribution in [0.1, 0.15) is 25.7 Å². The molecule has 2 heterocycles. The van der Waals surface area contributed by atoms with Crippen LogP contribution in [0, 0.1) is 0 Å². The monoisotopic (exact) mass is 530 g/mol. The van der Waals surface area contributed by atoms with Gasteiger partial charge in [0, 0.05) is 44.3 Å². The molecule has 0 saturated carbocycles. The van der Waals surface area contributed by atoms with Gasteiger partial charge in [-0.1, -0.05) is 48.5 Å². The van der Waals surface area contributed by atoms with Crippen molar-refractivity contribution in [2.45, 2.75) is 51.3 Å². The SMILES string of the molecule is CS(=O)c1ccc2c(c1)N(CCC1CCCCN1)c1ccccc1S2.O=S(=O)(O)c1ccccc1. The number of rotatable bonds is 5. The van der Waals surface area contributed by atoms with Gasteiger partial charge < -0.3 is 10.2 Å². The molecular weight excluding hydrogens is 500 g/mol. The lowest BCUT2D eigenvalue weighted by Gasteiger charge is -2.34. The van der Waals surface area contributed by atoms with Gasteiger partial charge in [-0.3, -0.25) is 8.76 Å². The Morgan fingerprint density at radius 1 is 1.00 bits per heavy atom. The van der Waals surface area contributed by atoms with E-state index < -0.39 is 20.9 Å². The lowest BCUT2D eigenvalue weighted by Crippen LogP contribution is -2.37. The Morgan fingerprint density at radius 3 is 2.37 bits per heavy atom. The summed E-state index contributed by atoms with van der Waals surface area (Å²) in [6.45, 7) is 2.13. The van der Waals surface area contributed by atoms with Crippen LogP contribution in [0.5, 0.6) is 0 Å². The van der Waals surface area contributed by atoms with E-state index in [0.29, 0.717) is 6.04 Å². The number of benzene rings is 3. The highest BCUT2D eigenvalue weighted by Gasteiger charge is 2.25. The molecule has 186 valence electrons. The van der Waals surface area contributed by atoms with Gasteiger partial charge in [-0.05, 0) is 68.3 Å². The highest BCUT2D eigenvalue weighted by Crippen LogP contribution is 2.48. The van der Waals surface area contributed by atoms with Crippen LogP contribution in [0.25, 0.3) is 0 Å². The Labute approximate surface area is 214 Å². The van der Waals surface area contributed by atoms with Crippen molar-refractivity contribution in [2.75, 3.05) is 24.2 Å². The number of nitrogens with one attached hydrogen (secondary N) is 1. The zero-order chi connectivity index (χ0) is 24.8. The molecule has 5 rings (SSSR count). The summed E-state index contributed by atoms with van der Waals surface area (Å²) in [4.78, 5) is 5.81. The number of fused-ring (bicyclic) bond motifs is 2. The minimum absolute atomic E-state index is 0.0741. The predicted molar refractivity (Wildman–Crippen MR) is 143 cm³/mol. The predicted octanol–water partition coefficient (Wildman–Crippen LogP) is 5.49. The fourth-order valence-corrected chi connectivity index (χ4v) is 6.39. The molecule has 2 N–H and O–H groups in total. The summed E-state index contributed by atoms with van der Waals surface area (Å²) in [6, 6.07) is 22.9. The van der Waals surface area contributed by atoms with E-state index in [1.807, 2.05) is 17.8 Å². The van der Waals surface area contributed by atoms with Gasteiger partial charge in [0.25, 0.3) is 10.1 Å². The fourth-order valence-electron chi connectivity index (χ4n) is 4.28. The molecular formula is C26H30N2O4S3. The maximum Gasteiger partial charge on any atom is 0.294 e. The second kappa shape index (κ2) is 11.7. The average Bonchev–Trinajstić information content (AvgIpc) is 2.87. The second-order valence-electron chi connectivity index (χ2n) is 8.53. The molecule has 0 radical (unpaired) electrons. The van der Waals surface area contributed by atoms with Crippen molar-refractivity contribution in [3.63, 3.8) is 0 Å². The Bertz CT molecular complexity index is 1280. The van der Waals surface area contributed by atoms with Crippen LogP contribution in [0.15, 0.2) is 92.4 Å². The van der Waals surface area contributed by atoms with Crippen LogP contribution in [-0.4, -0.2) is 42.6 Å². The van der Waals surface area contributed by atoms with Crippen LogP contribution >= 0.6 is 11.8 Å². The minimum Gasteiger partial charge on any atom is -0.340 e. The maximum absolute atomic E-state index is 12.0. The Balaban J connectivity index is 0.000000243. The summed E-state index contributed by atoms with van der Waals surface area (Å²) in [5, 5.41) is 3.66. The molecule has 6 nitrogen and oxygen atoms in total. The van der Waals surface area contributed by atoms with Gasteiger partial charge in [0.15, 0.2) is 0 Å². The first-order valence-electron chi connectivity index (χ1n) is 11.6. The van der Waals surface area contributed by atoms with Crippen LogP contribution < -0.4 is 10.2 Å². The van der Waals surface area contributed by atoms with Crippen molar-refractivity contribution in [1.29, 1.82) is 0 Å².